The van der Waals surface area contributed by atoms with Crippen molar-refractivity contribution in [1.82, 2.24) is 20.2 Å². The van der Waals surface area contributed by atoms with E-state index in [0.29, 0.717) is 11.5 Å². The number of hydrogen-bond donors (Lipinski definition) is 1. The fourth-order valence-electron chi connectivity index (χ4n) is 3.68. The van der Waals surface area contributed by atoms with Crippen molar-refractivity contribution in [3.63, 3.8) is 0 Å². The Balaban J connectivity index is 1.68. The maximum atomic E-state index is 3.90. The predicted octanol–water partition coefficient (Wildman–Crippen LogP) is 3.29. The third-order valence-electron chi connectivity index (χ3n) is 4.24. The van der Waals surface area contributed by atoms with E-state index < -0.39 is 0 Å². The van der Waals surface area contributed by atoms with E-state index in [-0.39, 0.29) is 0 Å². The van der Waals surface area contributed by atoms with Gasteiger partial charge >= 0.3 is 0 Å². The highest BCUT2D eigenvalue weighted by molar-refractivity contribution is 5.49. The molecule has 3 rings (SSSR count). The summed E-state index contributed by atoms with van der Waals surface area (Å²) < 4.78 is 1.66. The zero-order valence-electron chi connectivity index (χ0n) is 13.0. The predicted molar refractivity (Wildman–Crippen MR) is 83.4 cm³/mol. The van der Waals surface area contributed by atoms with Gasteiger partial charge in [0.2, 0.25) is 0 Å². The lowest BCUT2D eigenvalue weighted by Gasteiger charge is -2.39. The monoisotopic (exact) mass is 285 g/mol. The van der Waals surface area contributed by atoms with Crippen LogP contribution < -0.4 is 5.32 Å². The molecule has 2 aromatic rings. The van der Waals surface area contributed by atoms with Crippen LogP contribution in [0.1, 0.15) is 40.0 Å². The van der Waals surface area contributed by atoms with Crippen molar-refractivity contribution in [3.8, 4) is 5.69 Å². The first-order chi connectivity index (χ1) is 10.0. The van der Waals surface area contributed by atoms with Crippen molar-refractivity contribution < 1.29 is 0 Å². The Labute approximate surface area is 125 Å². The summed E-state index contributed by atoms with van der Waals surface area (Å²) in [5, 5.41) is 14.9. The summed E-state index contributed by atoms with van der Waals surface area (Å²) >= 11 is 0. The molecule has 1 fully saturated rings. The normalized spacial score (nSPS) is 24.7. The smallest absolute Gasteiger partial charge is 0.143 e. The molecule has 1 aliphatic rings. The molecule has 1 aromatic carbocycles. The maximum absolute atomic E-state index is 3.90. The molecule has 0 bridgehead atoms. The Morgan fingerprint density at radius 1 is 1.19 bits per heavy atom. The Bertz CT molecular complexity index is 573. The van der Waals surface area contributed by atoms with Gasteiger partial charge < -0.3 is 5.32 Å². The topological polar surface area (TPSA) is 55.6 Å². The van der Waals surface area contributed by atoms with Gasteiger partial charge in [-0.3, -0.25) is 0 Å². The zero-order chi connectivity index (χ0) is 14.9. The van der Waals surface area contributed by atoms with Crippen LogP contribution in [-0.2, 0) is 0 Å². The molecule has 5 nitrogen and oxygen atoms in total. The summed E-state index contributed by atoms with van der Waals surface area (Å²) in [5.41, 5.74) is 2.58. The summed E-state index contributed by atoms with van der Waals surface area (Å²) in [6.07, 6.45) is 5.40. The highest BCUT2D eigenvalue weighted by Crippen LogP contribution is 2.39. The second kappa shape index (κ2) is 5.47. The van der Waals surface area contributed by atoms with E-state index in [0.717, 1.165) is 11.6 Å². The fourth-order valence-corrected chi connectivity index (χ4v) is 3.68. The van der Waals surface area contributed by atoms with E-state index in [2.05, 4.69) is 53.7 Å². The molecule has 0 saturated heterocycles. The molecule has 1 N–H and O–H groups in total. The van der Waals surface area contributed by atoms with E-state index >= 15 is 0 Å². The molecule has 1 saturated carbocycles. The molecule has 0 radical (unpaired) electrons. The van der Waals surface area contributed by atoms with Gasteiger partial charge in [-0.25, -0.2) is 4.68 Å². The first-order valence-corrected chi connectivity index (χ1v) is 7.62. The molecule has 112 valence electrons. The highest BCUT2D eigenvalue weighted by atomic mass is 15.5. The van der Waals surface area contributed by atoms with Crippen LogP contribution in [-0.4, -0.2) is 26.2 Å². The zero-order valence-corrected chi connectivity index (χ0v) is 13.0. The van der Waals surface area contributed by atoms with Gasteiger partial charge in [0.1, 0.15) is 6.33 Å². The van der Waals surface area contributed by atoms with Crippen molar-refractivity contribution in [2.75, 3.05) is 5.32 Å². The average Bonchev–Trinajstić information content (AvgIpc) is 2.91. The molecule has 1 aliphatic carbocycles. The number of rotatable bonds is 3. The Morgan fingerprint density at radius 3 is 2.57 bits per heavy atom. The quantitative estimate of drug-likeness (QED) is 0.940. The van der Waals surface area contributed by atoms with E-state index in [1.165, 1.54) is 24.9 Å². The van der Waals surface area contributed by atoms with Crippen molar-refractivity contribution in [2.24, 2.45) is 11.3 Å². The van der Waals surface area contributed by atoms with Gasteiger partial charge in [-0.1, -0.05) is 20.8 Å². The van der Waals surface area contributed by atoms with E-state index in [1.54, 1.807) is 11.0 Å². The van der Waals surface area contributed by atoms with E-state index in [9.17, 15) is 0 Å². The molecular weight excluding hydrogens is 262 g/mol. The van der Waals surface area contributed by atoms with Gasteiger partial charge in [0.05, 0.1) is 5.69 Å². The maximum Gasteiger partial charge on any atom is 0.143 e. The van der Waals surface area contributed by atoms with E-state index in [1.807, 2.05) is 12.1 Å². The molecule has 1 aromatic heterocycles. The Morgan fingerprint density at radius 2 is 1.95 bits per heavy atom. The number of benzene rings is 1. The van der Waals surface area contributed by atoms with Crippen LogP contribution in [0.2, 0.25) is 0 Å². The number of anilines is 1. The first-order valence-electron chi connectivity index (χ1n) is 7.62. The molecule has 2 atom stereocenters. The minimum absolute atomic E-state index is 0.432. The van der Waals surface area contributed by atoms with Crippen LogP contribution in [0.3, 0.4) is 0 Å². The minimum atomic E-state index is 0.432. The van der Waals surface area contributed by atoms with Gasteiger partial charge in [-0.15, -0.1) is 5.10 Å². The van der Waals surface area contributed by atoms with Crippen molar-refractivity contribution >= 4 is 5.69 Å². The van der Waals surface area contributed by atoms with Gasteiger partial charge in [0.25, 0.3) is 0 Å². The van der Waals surface area contributed by atoms with E-state index in [4.69, 9.17) is 0 Å². The third kappa shape index (κ3) is 3.40. The standard InChI is InChI=1S/C16H23N5/c1-12-8-14(10-16(2,3)9-12)18-13-4-6-15(7-5-13)21-11-17-19-20-21/h4-7,11-12,14,18H,8-10H2,1-3H3. The van der Waals surface area contributed by atoms with Crippen molar-refractivity contribution in [2.45, 2.75) is 46.1 Å². The average molecular weight is 285 g/mol. The van der Waals surface area contributed by atoms with Gasteiger partial charge in [-0.2, -0.15) is 0 Å². The van der Waals surface area contributed by atoms with Gasteiger partial charge in [0, 0.05) is 11.7 Å². The molecule has 5 heteroatoms. The fraction of sp³-hybridized carbons (Fsp3) is 0.562. The summed E-state index contributed by atoms with van der Waals surface area (Å²) in [7, 11) is 0. The van der Waals surface area contributed by atoms with Crippen LogP contribution >= 0.6 is 0 Å². The number of nitrogens with zero attached hydrogens (tertiary/aromatic N) is 4. The second-order valence-corrected chi connectivity index (χ2v) is 7.06. The van der Waals surface area contributed by atoms with Gasteiger partial charge in [0.15, 0.2) is 0 Å². The lowest BCUT2D eigenvalue weighted by Crippen LogP contribution is -2.35. The molecule has 0 spiro atoms. The number of hydrogen-bond acceptors (Lipinski definition) is 4. The van der Waals surface area contributed by atoms with Crippen LogP contribution in [0.15, 0.2) is 30.6 Å². The molecule has 1 heterocycles. The highest BCUT2D eigenvalue weighted by Gasteiger charge is 2.31. The molecule has 0 aliphatic heterocycles. The summed E-state index contributed by atoms with van der Waals surface area (Å²) in [6.45, 7) is 7.10. The second-order valence-electron chi connectivity index (χ2n) is 7.06. The Kier molecular flexibility index (Phi) is 3.66. The summed E-state index contributed by atoms with van der Waals surface area (Å²) in [5.74, 6) is 0.784. The minimum Gasteiger partial charge on any atom is -0.382 e. The number of aromatic nitrogens is 4. The largest absolute Gasteiger partial charge is 0.382 e. The molecule has 0 amide bonds. The first kappa shape index (κ1) is 14.0. The van der Waals surface area contributed by atoms with Crippen molar-refractivity contribution in [1.29, 1.82) is 0 Å². The third-order valence-corrected chi connectivity index (χ3v) is 4.24. The number of nitrogens with one attached hydrogen (secondary N) is 1. The lowest BCUT2D eigenvalue weighted by atomic mass is 9.70. The number of tetrazole rings is 1. The van der Waals surface area contributed by atoms with Crippen LogP contribution in [0.25, 0.3) is 5.69 Å². The summed E-state index contributed by atoms with van der Waals surface area (Å²) in [4.78, 5) is 0. The molecule has 21 heavy (non-hydrogen) atoms. The van der Waals surface area contributed by atoms with Crippen LogP contribution in [0.5, 0.6) is 0 Å². The molecular formula is C16H23N5. The Hall–Kier alpha value is -1.91. The van der Waals surface area contributed by atoms with Crippen molar-refractivity contribution in [3.05, 3.63) is 30.6 Å². The van der Waals surface area contributed by atoms with Crippen LogP contribution in [0.4, 0.5) is 5.69 Å². The molecule has 2 unspecified atom stereocenters. The van der Waals surface area contributed by atoms with Gasteiger partial charge in [-0.05, 0) is 65.3 Å². The van der Waals surface area contributed by atoms with Crippen LogP contribution in [0, 0.1) is 11.3 Å². The summed E-state index contributed by atoms with van der Waals surface area (Å²) in [6, 6.07) is 8.83. The SMILES string of the molecule is CC1CC(Nc2ccc(-n3cnnn3)cc2)CC(C)(C)C1. The lowest BCUT2D eigenvalue weighted by molar-refractivity contribution is 0.178.